The highest BCUT2D eigenvalue weighted by Crippen LogP contribution is 2.39. The lowest BCUT2D eigenvalue weighted by Gasteiger charge is -2.28. The van der Waals surface area contributed by atoms with Gasteiger partial charge in [0.25, 0.3) is 37.4 Å². The molecule has 1 aliphatic rings. The molecular weight excluding hydrogens is 974 g/mol. The Morgan fingerprint density at radius 1 is 0.694 bits per heavy atom. The van der Waals surface area contributed by atoms with Gasteiger partial charge in [-0.25, -0.2) is 26.1 Å². The minimum absolute atomic E-state index is 0.0433. The second kappa shape index (κ2) is 25.3. The largest absolute Gasteiger partial charge is 0.491 e. The van der Waals surface area contributed by atoms with Gasteiger partial charge in [-0.2, -0.15) is 0 Å². The SMILES string of the molecule is CCCCCCCCCCCCCCCCCCOc1ccc(S(=O)(=O)Nc2ccccc2Cl)cc1NC(=O)C(c1nc2ccccc2c(=O)n1CC(=O)c1ccccc1)N1C(=O)c2ccccc2S1(=O)=O. The number of para-hydroxylation sites is 2. The smallest absolute Gasteiger partial charge is 0.270 e. The first-order valence-electron chi connectivity index (χ1n) is 24.9. The first-order valence-corrected chi connectivity index (χ1v) is 28.2. The molecule has 0 bridgehead atoms. The molecule has 5 aromatic carbocycles. The number of anilines is 2. The fourth-order valence-corrected chi connectivity index (χ4v) is 11.9. The van der Waals surface area contributed by atoms with Crippen LogP contribution < -0.4 is 20.3 Å². The van der Waals surface area contributed by atoms with Gasteiger partial charge in [0.05, 0.1) is 50.9 Å². The van der Waals surface area contributed by atoms with Gasteiger partial charge in [0.1, 0.15) is 16.5 Å². The van der Waals surface area contributed by atoms with Crippen LogP contribution >= 0.6 is 11.6 Å². The van der Waals surface area contributed by atoms with Crippen molar-refractivity contribution in [1.82, 2.24) is 13.9 Å². The summed E-state index contributed by atoms with van der Waals surface area (Å²) in [4.78, 5) is 62.0. The molecule has 1 atom stereocenters. The highest BCUT2D eigenvalue weighted by molar-refractivity contribution is 7.92. The predicted octanol–water partition coefficient (Wildman–Crippen LogP) is 11.9. The third kappa shape index (κ3) is 13.2. The topological polar surface area (TPSA) is 191 Å². The maximum absolute atomic E-state index is 15.3. The van der Waals surface area contributed by atoms with Crippen LogP contribution in [0.15, 0.2) is 136 Å². The van der Waals surface area contributed by atoms with Gasteiger partial charge in [0.2, 0.25) is 0 Å². The van der Waals surface area contributed by atoms with E-state index in [0.717, 1.165) is 36.3 Å². The molecule has 380 valence electrons. The van der Waals surface area contributed by atoms with Crippen LogP contribution in [-0.4, -0.2) is 54.9 Å². The molecule has 0 fully saturated rings. The molecule has 2 amide bonds. The van der Waals surface area contributed by atoms with Crippen LogP contribution in [0.2, 0.25) is 5.02 Å². The van der Waals surface area contributed by atoms with Crippen LogP contribution in [0.5, 0.6) is 5.75 Å². The number of nitrogens with zero attached hydrogens (tertiary/aromatic N) is 3. The molecule has 72 heavy (non-hydrogen) atoms. The number of ether oxygens (including phenoxy) is 1. The van der Waals surface area contributed by atoms with Crippen LogP contribution in [0.4, 0.5) is 11.4 Å². The third-order valence-electron chi connectivity index (χ3n) is 12.8. The average molecular weight is 1040 g/mol. The summed E-state index contributed by atoms with van der Waals surface area (Å²) in [5.74, 6) is -3.35. The van der Waals surface area contributed by atoms with Crippen molar-refractivity contribution in [1.29, 1.82) is 0 Å². The van der Waals surface area contributed by atoms with Gasteiger partial charge in [-0.3, -0.25) is 28.5 Å². The number of ketones is 1. The van der Waals surface area contributed by atoms with Crippen LogP contribution in [-0.2, 0) is 31.4 Å². The zero-order valence-electron chi connectivity index (χ0n) is 40.6. The number of unbranched alkanes of at least 4 members (excludes halogenated alkanes) is 15. The van der Waals surface area contributed by atoms with Crippen molar-refractivity contribution in [3.8, 4) is 5.75 Å². The molecule has 6 aromatic rings. The van der Waals surface area contributed by atoms with E-state index in [-0.39, 0.29) is 60.6 Å². The number of fused-ring (bicyclic) bond motifs is 2. The minimum Gasteiger partial charge on any atom is -0.491 e. The summed E-state index contributed by atoms with van der Waals surface area (Å²) >= 11 is 6.32. The summed E-state index contributed by atoms with van der Waals surface area (Å²) in [5.41, 5.74) is -0.831. The molecule has 2 N–H and O–H groups in total. The van der Waals surface area contributed by atoms with Crippen molar-refractivity contribution in [2.45, 2.75) is 132 Å². The monoisotopic (exact) mass is 1040 g/mol. The number of benzene rings is 5. The number of nitrogens with one attached hydrogen (secondary N) is 2. The lowest BCUT2D eigenvalue weighted by molar-refractivity contribution is -0.119. The number of hydrogen-bond acceptors (Lipinski definition) is 10. The molecule has 0 aliphatic carbocycles. The number of aromatic nitrogens is 2. The second-order valence-corrected chi connectivity index (χ2v) is 21.9. The highest BCUT2D eigenvalue weighted by atomic mass is 35.5. The Balaban J connectivity index is 1.16. The Kier molecular flexibility index (Phi) is 18.8. The van der Waals surface area contributed by atoms with E-state index >= 15 is 4.79 Å². The van der Waals surface area contributed by atoms with E-state index in [0.29, 0.717) is 10.7 Å². The zero-order valence-corrected chi connectivity index (χ0v) is 43.0. The molecular formula is C55H62ClN5O9S2. The van der Waals surface area contributed by atoms with Gasteiger partial charge >= 0.3 is 0 Å². The van der Waals surface area contributed by atoms with Gasteiger partial charge < -0.3 is 10.1 Å². The van der Waals surface area contributed by atoms with Crippen molar-refractivity contribution in [2.75, 3.05) is 16.6 Å². The molecule has 7 rings (SSSR count). The molecule has 1 aromatic heterocycles. The van der Waals surface area contributed by atoms with Crippen molar-refractivity contribution < 1.29 is 36.0 Å². The van der Waals surface area contributed by atoms with E-state index in [4.69, 9.17) is 16.3 Å². The van der Waals surface area contributed by atoms with Gasteiger partial charge in [-0.1, -0.05) is 182 Å². The number of amides is 2. The fraction of sp³-hybridized carbons (Fsp3) is 0.364. The lowest BCUT2D eigenvalue weighted by Crippen LogP contribution is -2.44. The van der Waals surface area contributed by atoms with Gasteiger partial charge in [-0.05, 0) is 61.0 Å². The first-order chi connectivity index (χ1) is 34.8. The maximum atomic E-state index is 15.3. The number of Topliss-reactive ketones (excluding diaryl/α,β-unsaturated/α-hetero) is 1. The normalized spacial score (nSPS) is 13.5. The van der Waals surface area contributed by atoms with Crippen molar-refractivity contribution in [3.05, 3.63) is 154 Å². The average Bonchev–Trinajstić information content (AvgIpc) is 3.57. The molecule has 0 radical (unpaired) electrons. The van der Waals surface area contributed by atoms with E-state index in [9.17, 15) is 31.2 Å². The number of rotatable bonds is 28. The number of carbonyl (C=O) groups excluding carboxylic acids is 3. The summed E-state index contributed by atoms with van der Waals surface area (Å²) in [7, 11) is -9.22. The molecule has 2 heterocycles. The highest BCUT2D eigenvalue weighted by Gasteiger charge is 2.50. The Hall–Kier alpha value is -6.36. The number of carbonyl (C=O) groups is 3. The van der Waals surface area contributed by atoms with Crippen molar-refractivity contribution in [3.63, 3.8) is 0 Å². The fourth-order valence-electron chi connectivity index (χ4n) is 8.87. The van der Waals surface area contributed by atoms with Gasteiger partial charge in [0.15, 0.2) is 11.8 Å². The Morgan fingerprint density at radius 2 is 1.28 bits per heavy atom. The van der Waals surface area contributed by atoms with E-state index in [1.54, 1.807) is 54.6 Å². The lowest BCUT2D eigenvalue weighted by atomic mass is 10.0. The zero-order chi connectivity index (χ0) is 51.1. The standard InChI is InChI=1S/C55H62ClN5O9S2/c1-2-3-4-5-6-7-8-9-10-11-12-13-14-15-16-26-37-70-49-36-35-41(71(66,67)59-46-33-24-22-31-44(46)56)38-47(49)58-53(63)51(61-55(65)43-30-21-25-34-50(43)72(61,68)69)52-57-45-32-23-20-29-42(45)54(64)60(52)39-48(62)40-27-18-17-19-28-40/h17-25,27-36,38,51,59H,2-16,26,37,39H2,1H3,(H,58,63). The molecule has 1 aliphatic heterocycles. The second-order valence-electron chi connectivity index (χ2n) is 18.1. The Morgan fingerprint density at radius 3 is 1.93 bits per heavy atom. The van der Waals surface area contributed by atoms with Crippen LogP contribution in [0.1, 0.15) is 142 Å². The van der Waals surface area contributed by atoms with Gasteiger partial charge in [0, 0.05) is 5.56 Å². The van der Waals surface area contributed by atoms with Crippen molar-refractivity contribution >= 4 is 71.5 Å². The maximum Gasteiger partial charge on any atom is 0.270 e. The molecule has 17 heteroatoms. The minimum atomic E-state index is -4.83. The molecule has 0 saturated heterocycles. The molecule has 1 unspecified atom stereocenters. The Bertz CT molecular complexity index is 3150. The molecule has 14 nitrogen and oxygen atoms in total. The van der Waals surface area contributed by atoms with E-state index < -0.39 is 61.6 Å². The van der Waals surface area contributed by atoms with Crippen LogP contribution in [0.3, 0.4) is 0 Å². The third-order valence-corrected chi connectivity index (χ3v) is 16.3. The Labute approximate surface area is 427 Å². The van der Waals surface area contributed by atoms with E-state index in [1.165, 1.54) is 131 Å². The molecule has 0 saturated carbocycles. The van der Waals surface area contributed by atoms with Gasteiger partial charge in [-0.15, -0.1) is 0 Å². The van der Waals surface area contributed by atoms with Crippen LogP contribution in [0, 0.1) is 0 Å². The quantitative estimate of drug-likeness (QED) is 0.0353. The summed E-state index contributed by atoms with van der Waals surface area (Å²) in [6, 6.07) is 27.4. The number of halogens is 1. The van der Waals surface area contributed by atoms with E-state index in [1.807, 2.05) is 0 Å². The number of sulfonamides is 2. The first kappa shape index (κ1) is 53.4. The predicted molar refractivity (Wildman–Crippen MR) is 282 cm³/mol. The molecule has 0 spiro atoms. The summed E-state index contributed by atoms with van der Waals surface area (Å²) in [5, 5.41) is 2.86. The number of hydrogen-bond donors (Lipinski definition) is 2. The summed E-state index contributed by atoms with van der Waals surface area (Å²) in [6.07, 6.45) is 19.0. The van der Waals surface area contributed by atoms with Crippen LogP contribution in [0.25, 0.3) is 10.9 Å². The van der Waals surface area contributed by atoms with E-state index in [2.05, 4.69) is 21.9 Å². The summed E-state index contributed by atoms with van der Waals surface area (Å²) in [6.45, 7) is 1.74. The van der Waals surface area contributed by atoms with Crippen molar-refractivity contribution in [2.24, 2.45) is 0 Å². The summed E-state index contributed by atoms with van der Waals surface area (Å²) < 4.78 is 66.9.